The summed E-state index contributed by atoms with van der Waals surface area (Å²) in [6.07, 6.45) is 2.73. The quantitative estimate of drug-likeness (QED) is 0.879. The highest BCUT2D eigenvalue weighted by Crippen LogP contribution is 2.29. The van der Waals surface area contributed by atoms with Crippen LogP contribution in [0, 0.1) is 0 Å². The van der Waals surface area contributed by atoms with E-state index in [1.807, 2.05) is 31.4 Å². The molecule has 1 heterocycles. The Kier molecular flexibility index (Phi) is 5.14. The van der Waals surface area contributed by atoms with Crippen LogP contribution in [0.1, 0.15) is 24.2 Å². The smallest absolute Gasteiger partial charge is 0.119 e. The van der Waals surface area contributed by atoms with Crippen LogP contribution in [0.5, 0.6) is 5.75 Å². The molecule has 0 radical (unpaired) electrons. The van der Waals surface area contributed by atoms with Gasteiger partial charge in [-0.2, -0.15) is 0 Å². The number of hydrogen-bond donors (Lipinski definition) is 1. The van der Waals surface area contributed by atoms with E-state index in [1.54, 1.807) is 11.8 Å². The molecule has 1 unspecified atom stereocenters. The number of halogens is 1. The van der Waals surface area contributed by atoms with Gasteiger partial charge >= 0.3 is 0 Å². The molecule has 5 nitrogen and oxygen atoms in total. The molecule has 1 aromatic carbocycles. The van der Waals surface area contributed by atoms with Crippen LogP contribution in [0.4, 0.5) is 0 Å². The first-order valence-corrected chi connectivity index (χ1v) is 7.35. The van der Waals surface area contributed by atoms with Gasteiger partial charge in [-0.25, -0.2) is 0 Å². The van der Waals surface area contributed by atoms with Gasteiger partial charge in [0.1, 0.15) is 5.75 Å². The second-order valence-corrected chi connectivity index (χ2v) is 5.44. The molecule has 0 bridgehead atoms. The molecule has 2 rings (SSSR count). The van der Waals surface area contributed by atoms with E-state index < -0.39 is 0 Å². The van der Waals surface area contributed by atoms with Crippen molar-refractivity contribution in [3.05, 3.63) is 40.1 Å². The van der Waals surface area contributed by atoms with Crippen LogP contribution in [-0.2, 0) is 13.5 Å². The average molecular weight is 339 g/mol. The van der Waals surface area contributed by atoms with Crippen LogP contribution in [-0.4, -0.2) is 28.6 Å². The molecule has 0 spiro atoms. The van der Waals surface area contributed by atoms with Gasteiger partial charge in [0, 0.05) is 30.2 Å². The molecule has 0 aliphatic rings. The van der Waals surface area contributed by atoms with Crippen LogP contribution in [0.3, 0.4) is 0 Å². The number of nitrogens with one attached hydrogen (secondary N) is 1. The van der Waals surface area contributed by atoms with Gasteiger partial charge in [0.2, 0.25) is 0 Å². The molecule has 108 valence electrons. The van der Waals surface area contributed by atoms with Crippen molar-refractivity contribution in [2.45, 2.75) is 19.4 Å². The Bertz CT molecular complexity index is 570. The van der Waals surface area contributed by atoms with E-state index >= 15 is 0 Å². The summed E-state index contributed by atoms with van der Waals surface area (Å²) < 4.78 is 8.10. The lowest BCUT2D eigenvalue weighted by atomic mass is 10.0. The van der Waals surface area contributed by atoms with E-state index in [4.69, 9.17) is 4.74 Å². The normalized spacial score (nSPS) is 12.4. The Hall–Kier alpha value is -1.40. The topological polar surface area (TPSA) is 52.0 Å². The molecule has 0 aliphatic carbocycles. The average Bonchev–Trinajstić information content (AvgIpc) is 2.84. The van der Waals surface area contributed by atoms with E-state index in [1.165, 1.54) is 0 Å². The standard InChI is InChI=1S/C14H19BrN4O/c1-4-16-14(7-10-9-19(2)18-17-10)12-8-11(20-3)5-6-13(12)15/h5-6,8-9,14,16H,4,7H2,1-3H3. The van der Waals surface area contributed by atoms with Crippen molar-refractivity contribution in [1.29, 1.82) is 0 Å². The fourth-order valence-electron chi connectivity index (χ4n) is 2.15. The summed E-state index contributed by atoms with van der Waals surface area (Å²) in [5.74, 6) is 0.852. The van der Waals surface area contributed by atoms with Crippen molar-refractivity contribution in [2.24, 2.45) is 7.05 Å². The first-order chi connectivity index (χ1) is 9.63. The number of rotatable bonds is 6. The molecule has 1 atom stereocenters. The van der Waals surface area contributed by atoms with Crippen LogP contribution in [0.2, 0.25) is 0 Å². The lowest BCUT2D eigenvalue weighted by Gasteiger charge is -2.19. The van der Waals surface area contributed by atoms with Gasteiger partial charge in [-0.05, 0) is 30.3 Å². The van der Waals surface area contributed by atoms with E-state index in [9.17, 15) is 0 Å². The lowest BCUT2D eigenvalue weighted by Crippen LogP contribution is -2.23. The fourth-order valence-corrected chi connectivity index (χ4v) is 2.68. The van der Waals surface area contributed by atoms with Crippen LogP contribution in [0.25, 0.3) is 0 Å². The van der Waals surface area contributed by atoms with Crippen LogP contribution in [0.15, 0.2) is 28.9 Å². The number of aromatic nitrogens is 3. The maximum atomic E-state index is 5.31. The number of ether oxygens (including phenoxy) is 1. The number of benzene rings is 1. The van der Waals surface area contributed by atoms with E-state index in [2.05, 4.69) is 38.5 Å². The molecule has 0 amide bonds. The van der Waals surface area contributed by atoms with Crippen LogP contribution >= 0.6 is 15.9 Å². The third-order valence-electron chi connectivity index (χ3n) is 3.09. The van der Waals surface area contributed by atoms with Gasteiger partial charge < -0.3 is 10.1 Å². The van der Waals surface area contributed by atoms with E-state index in [0.717, 1.165) is 34.4 Å². The molecule has 2 aromatic rings. The van der Waals surface area contributed by atoms with Crippen molar-refractivity contribution >= 4 is 15.9 Å². The van der Waals surface area contributed by atoms with Gasteiger partial charge in [-0.1, -0.05) is 28.1 Å². The minimum Gasteiger partial charge on any atom is -0.497 e. The van der Waals surface area contributed by atoms with Crippen molar-refractivity contribution in [3.8, 4) is 5.75 Å². The number of methoxy groups -OCH3 is 1. The first-order valence-electron chi connectivity index (χ1n) is 6.56. The minimum atomic E-state index is 0.168. The number of hydrogen-bond acceptors (Lipinski definition) is 4. The number of aryl methyl sites for hydroxylation is 1. The Balaban J connectivity index is 2.27. The highest BCUT2D eigenvalue weighted by atomic mass is 79.9. The van der Waals surface area contributed by atoms with Gasteiger partial charge in [0.15, 0.2) is 0 Å². The molecule has 0 saturated heterocycles. The maximum Gasteiger partial charge on any atom is 0.119 e. The van der Waals surface area contributed by atoms with E-state index in [-0.39, 0.29) is 6.04 Å². The zero-order valence-corrected chi connectivity index (χ0v) is 13.5. The van der Waals surface area contributed by atoms with Gasteiger partial charge in [0.25, 0.3) is 0 Å². The monoisotopic (exact) mass is 338 g/mol. The number of nitrogens with zero attached hydrogens (tertiary/aromatic N) is 3. The lowest BCUT2D eigenvalue weighted by molar-refractivity contribution is 0.412. The maximum absolute atomic E-state index is 5.31. The first kappa shape index (κ1) is 15.0. The Morgan fingerprint density at radius 2 is 2.25 bits per heavy atom. The fraction of sp³-hybridized carbons (Fsp3) is 0.429. The van der Waals surface area contributed by atoms with E-state index in [0.29, 0.717) is 0 Å². The van der Waals surface area contributed by atoms with Gasteiger partial charge in [0.05, 0.1) is 12.8 Å². The third kappa shape index (κ3) is 3.58. The zero-order chi connectivity index (χ0) is 14.5. The Labute approximate surface area is 127 Å². The highest BCUT2D eigenvalue weighted by molar-refractivity contribution is 9.10. The van der Waals surface area contributed by atoms with Crippen molar-refractivity contribution < 1.29 is 4.74 Å². The summed E-state index contributed by atoms with van der Waals surface area (Å²) in [5.41, 5.74) is 2.13. The zero-order valence-electron chi connectivity index (χ0n) is 11.9. The van der Waals surface area contributed by atoms with Gasteiger partial charge in [-0.15, -0.1) is 5.10 Å². The summed E-state index contributed by atoms with van der Waals surface area (Å²) in [6, 6.07) is 6.17. The second-order valence-electron chi connectivity index (χ2n) is 4.59. The van der Waals surface area contributed by atoms with Crippen molar-refractivity contribution in [2.75, 3.05) is 13.7 Å². The molecule has 0 saturated carbocycles. The molecule has 0 fully saturated rings. The predicted molar refractivity (Wildman–Crippen MR) is 81.8 cm³/mol. The summed E-state index contributed by atoms with van der Waals surface area (Å²) in [6.45, 7) is 2.98. The third-order valence-corrected chi connectivity index (χ3v) is 3.81. The molecule has 1 aromatic heterocycles. The molecular formula is C14H19BrN4O. The molecule has 0 aliphatic heterocycles. The minimum absolute atomic E-state index is 0.168. The van der Waals surface area contributed by atoms with Crippen molar-refractivity contribution in [1.82, 2.24) is 20.3 Å². The summed E-state index contributed by atoms with van der Waals surface area (Å²) in [5, 5.41) is 11.6. The SMILES string of the molecule is CCNC(Cc1cn(C)nn1)c1cc(OC)ccc1Br. The molecule has 1 N–H and O–H groups in total. The summed E-state index contributed by atoms with van der Waals surface area (Å²) >= 11 is 3.61. The van der Waals surface area contributed by atoms with Crippen molar-refractivity contribution in [3.63, 3.8) is 0 Å². The largest absolute Gasteiger partial charge is 0.497 e. The predicted octanol–water partition coefficient (Wildman–Crippen LogP) is 2.48. The molecule has 20 heavy (non-hydrogen) atoms. The molecule has 6 heteroatoms. The Morgan fingerprint density at radius 3 is 2.85 bits per heavy atom. The highest BCUT2D eigenvalue weighted by Gasteiger charge is 2.16. The van der Waals surface area contributed by atoms with Gasteiger partial charge in [-0.3, -0.25) is 4.68 Å². The second kappa shape index (κ2) is 6.85. The van der Waals surface area contributed by atoms with Crippen LogP contribution < -0.4 is 10.1 Å². The number of likely N-dealkylation sites (N-methyl/N-ethyl adjacent to an activating group) is 1. The summed E-state index contributed by atoms with van der Waals surface area (Å²) in [4.78, 5) is 0. The summed E-state index contributed by atoms with van der Waals surface area (Å²) in [7, 11) is 3.55. The molecular weight excluding hydrogens is 320 g/mol. The Morgan fingerprint density at radius 1 is 1.45 bits per heavy atom.